The van der Waals surface area contributed by atoms with Gasteiger partial charge in [-0.2, -0.15) is 0 Å². The molecule has 0 bridgehead atoms. The highest BCUT2D eigenvalue weighted by Gasteiger charge is 2.30. The van der Waals surface area contributed by atoms with Crippen LogP contribution in [0.5, 0.6) is 0 Å². The molecular formula is C11H15N3OS. The van der Waals surface area contributed by atoms with E-state index in [4.69, 9.17) is 18.0 Å². The van der Waals surface area contributed by atoms with Gasteiger partial charge in [-0.1, -0.05) is 12.2 Å². The maximum absolute atomic E-state index is 11.8. The Bertz CT molecular complexity index is 389. The fraction of sp³-hybridized carbons (Fsp3) is 0.364. The van der Waals surface area contributed by atoms with E-state index >= 15 is 0 Å². The van der Waals surface area contributed by atoms with Crippen molar-refractivity contribution in [3.63, 3.8) is 0 Å². The molecule has 1 heterocycles. The molecule has 0 spiro atoms. The summed E-state index contributed by atoms with van der Waals surface area (Å²) in [6, 6.07) is 3.68. The molecule has 4 nitrogen and oxygen atoms in total. The van der Waals surface area contributed by atoms with Crippen LogP contribution in [0.15, 0.2) is 24.5 Å². The van der Waals surface area contributed by atoms with E-state index in [0.717, 1.165) is 5.56 Å². The van der Waals surface area contributed by atoms with Gasteiger partial charge < -0.3 is 11.1 Å². The summed E-state index contributed by atoms with van der Waals surface area (Å²) in [5.74, 6) is -0.170. The van der Waals surface area contributed by atoms with Gasteiger partial charge in [0.2, 0.25) is 5.91 Å². The fourth-order valence-corrected chi connectivity index (χ4v) is 1.11. The van der Waals surface area contributed by atoms with E-state index in [1.165, 1.54) is 0 Å². The zero-order chi connectivity index (χ0) is 12.2. The van der Waals surface area contributed by atoms with Gasteiger partial charge in [0.1, 0.15) is 0 Å². The van der Waals surface area contributed by atoms with Crippen molar-refractivity contribution in [2.75, 3.05) is 0 Å². The van der Waals surface area contributed by atoms with E-state index in [0.29, 0.717) is 6.54 Å². The molecule has 0 radical (unpaired) electrons. The van der Waals surface area contributed by atoms with Crippen LogP contribution in [0.2, 0.25) is 0 Å². The lowest BCUT2D eigenvalue weighted by molar-refractivity contribution is -0.126. The molecule has 3 N–H and O–H groups in total. The van der Waals surface area contributed by atoms with Crippen LogP contribution in [0.1, 0.15) is 19.4 Å². The van der Waals surface area contributed by atoms with Crippen LogP contribution in [0.3, 0.4) is 0 Å². The first-order chi connectivity index (χ1) is 7.44. The second-order valence-corrected chi connectivity index (χ2v) is 4.47. The van der Waals surface area contributed by atoms with Gasteiger partial charge in [-0.3, -0.25) is 9.78 Å². The molecule has 1 amide bonds. The molecule has 0 aliphatic rings. The fourth-order valence-electron chi connectivity index (χ4n) is 1.02. The summed E-state index contributed by atoms with van der Waals surface area (Å²) in [6.07, 6.45) is 3.36. The third-order valence-corrected chi connectivity index (χ3v) is 2.90. The summed E-state index contributed by atoms with van der Waals surface area (Å²) in [6.45, 7) is 3.86. The third-order valence-electron chi connectivity index (χ3n) is 2.39. The van der Waals surface area contributed by atoms with Crippen molar-refractivity contribution >= 4 is 23.1 Å². The van der Waals surface area contributed by atoms with E-state index in [1.807, 2.05) is 12.1 Å². The van der Waals surface area contributed by atoms with Crippen molar-refractivity contribution in [1.29, 1.82) is 0 Å². The Morgan fingerprint density at radius 2 is 2.06 bits per heavy atom. The van der Waals surface area contributed by atoms with Crippen molar-refractivity contribution in [2.24, 2.45) is 11.1 Å². The van der Waals surface area contributed by atoms with Crippen LogP contribution in [0.25, 0.3) is 0 Å². The highest BCUT2D eigenvalue weighted by molar-refractivity contribution is 7.80. The van der Waals surface area contributed by atoms with E-state index in [1.54, 1.807) is 26.2 Å². The lowest BCUT2D eigenvalue weighted by Crippen LogP contribution is -2.44. The molecule has 1 aromatic heterocycles. The van der Waals surface area contributed by atoms with Crippen LogP contribution in [0, 0.1) is 5.41 Å². The van der Waals surface area contributed by atoms with Crippen LogP contribution in [-0.4, -0.2) is 15.9 Å². The van der Waals surface area contributed by atoms with E-state index < -0.39 is 5.41 Å². The van der Waals surface area contributed by atoms with Gasteiger partial charge in [0.15, 0.2) is 0 Å². The number of thiocarbonyl (C=S) groups is 1. The maximum atomic E-state index is 11.8. The molecule has 5 heteroatoms. The number of nitrogens with zero attached hydrogens (tertiary/aromatic N) is 1. The zero-order valence-electron chi connectivity index (χ0n) is 9.36. The van der Waals surface area contributed by atoms with Crippen LogP contribution in [-0.2, 0) is 11.3 Å². The number of pyridine rings is 1. The standard InChI is InChI=1S/C11H15N3OS/c1-11(2,9(12)16)10(15)14-7-8-3-5-13-6-4-8/h3-6H,7H2,1-2H3,(H2,12,16)(H,14,15). The minimum Gasteiger partial charge on any atom is -0.392 e. The Morgan fingerprint density at radius 1 is 1.50 bits per heavy atom. The Morgan fingerprint density at radius 3 is 2.56 bits per heavy atom. The molecule has 86 valence electrons. The van der Waals surface area contributed by atoms with Gasteiger partial charge in [0.25, 0.3) is 0 Å². The molecule has 0 fully saturated rings. The van der Waals surface area contributed by atoms with Crippen molar-refractivity contribution in [2.45, 2.75) is 20.4 Å². The number of hydrogen-bond acceptors (Lipinski definition) is 3. The SMILES string of the molecule is CC(C)(C(=O)NCc1ccncc1)C(N)=S. The Labute approximate surface area is 100 Å². The summed E-state index contributed by atoms with van der Waals surface area (Å²) in [5, 5.41) is 2.79. The first-order valence-corrected chi connectivity index (χ1v) is 5.32. The molecule has 1 aromatic rings. The second-order valence-electron chi connectivity index (χ2n) is 4.03. The van der Waals surface area contributed by atoms with Gasteiger partial charge in [-0.15, -0.1) is 0 Å². The first kappa shape index (κ1) is 12.6. The van der Waals surface area contributed by atoms with Gasteiger partial charge in [0, 0.05) is 18.9 Å². The number of nitrogens with one attached hydrogen (secondary N) is 1. The van der Waals surface area contributed by atoms with E-state index in [2.05, 4.69) is 10.3 Å². The largest absolute Gasteiger partial charge is 0.392 e. The molecule has 1 rings (SSSR count). The van der Waals surface area contributed by atoms with Gasteiger partial charge in [-0.05, 0) is 31.5 Å². The molecule has 0 unspecified atom stereocenters. The highest BCUT2D eigenvalue weighted by Crippen LogP contribution is 2.15. The lowest BCUT2D eigenvalue weighted by Gasteiger charge is -2.21. The predicted octanol–water partition coefficient (Wildman–Crippen LogP) is 1.01. The molecule has 0 aliphatic heterocycles. The summed E-state index contributed by atoms with van der Waals surface area (Å²) in [5.41, 5.74) is 5.67. The summed E-state index contributed by atoms with van der Waals surface area (Å²) in [4.78, 5) is 15.9. The maximum Gasteiger partial charge on any atom is 0.232 e. The number of carbonyl (C=O) groups is 1. The smallest absolute Gasteiger partial charge is 0.232 e. The van der Waals surface area contributed by atoms with Gasteiger partial charge in [0.05, 0.1) is 10.4 Å². The average Bonchev–Trinajstić information content (AvgIpc) is 2.27. The summed E-state index contributed by atoms with van der Waals surface area (Å²) in [7, 11) is 0. The molecule has 16 heavy (non-hydrogen) atoms. The molecule has 0 saturated carbocycles. The predicted molar refractivity (Wildman–Crippen MR) is 66.7 cm³/mol. The van der Waals surface area contributed by atoms with Crippen molar-refractivity contribution in [3.05, 3.63) is 30.1 Å². The number of amides is 1. The third kappa shape index (κ3) is 3.00. The van der Waals surface area contributed by atoms with Crippen LogP contribution < -0.4 is 11.1 Å². The molecule has 0 saturated heterocycles. The minimum atomic E-state index is -0.817. The van der Waals surface area contributed by atoms with Gasteiger partial charge in [-0.25, -0.2) is 0 Å². The number of carbonyl (C=O) groups excluding carboxylic acids is 1. The number of hydrogen-bond donors (Lipinski definition) is 2. The number of rotatable bonds is 4. The quantitative estimate of drug-likeness (QED) is 0.767. The first-order valence-electron chi connectivity index (χ1n) is 4.91. The summed E-state index contributed by atoms with van der Waals surface area (Å²) >= 11 is 4.85. The van der Waals surface area contributed by atoms with Crippen LogP contribution in [0.4, 0.5) is 0 Å². The molecule has 0 aromatic carbocycles. The zero-order valence-corrected chi connectivity index (χ0v) is 10.2. The van der Waals surface area contributed by atoms with Crippen molar-refractivity contribution in [1.82, 2.24) is 10.3 Å². The summed E-state index contributed by atoms with van der Waals surface area (Å²) < 4.78 is 0. The Kier molecular flexibility index (Phi) is 3.95. The van der Waals surface area contributed by atoms with E-state index in [-0.39, 0.29) is 10.9 Å². The second kappa shape index (κ2) is 5.03. The van der Waals surface area contributed by atoms with Crippen molar-refractivity contribution < 1.29 is 4.79 Å². The Hall–Kier alpha value is -1.49. The molecule has 0 aliphatic carbocycles. The number of nitrogens with two attached hydrogens (primary N) is 1. The van der Waals surface area contributed by atoms with Crippen molar-refractivity contribution in [3.8, 4) is 0 Å². The highest BCUT2D eigenvalue weighted by atomic mass is 32.1. The van der Waals surface area contributed by atoms with E-state index in [9.17, 15) is 4.79 Å². The van der Waals surface area contributed by atoms with Gasteiger partial charge >= 0.3 is 0 Å². The Balaban J connectivity index is 2.57. The monoisotopic (exact) mass is 237 g/mol. The lowest BCUT2D eigenvalue weighted by atomic mass is 9.92. The minimum absolute atomic E-state index is 0.170. The molecular weight excluding hydrogens is 222 g/mol. The topological polar surface area (TPSA) is 68.0 Å². The number of aromatic nitrogens is 1. The average molecular weight is 237 g/mol. The normalized spacial score (nSPS) is 10.9. The van der Waals surface area contributed by atoms with Crippen LogP contribution >= 0.6 is 12.2 Å². The molecule has 0 atom stereocenters.